The van der Waals surface area contributed by atoms with Crippen LogP contribution < -0.4 is 5.32 Å². The van der Waals surface area contributed by atoms with E-state index in [9.17, 15) is 4.79 Å². The number of aromatic amines is 1. The first-order chi connectivity index (χ1) is 14.3. The van der Waals surface area contributed by atoms with E-state index in [0.29, 0.717) is 12.1 Å². The Bertz CT molecular complexity index is 1020. The van der Waals surface area contributed by atoms with Crippen molar-refractivity contribution in [3.63, 3.8) is 0 Å². The van der Waals surface area contributed by atoms with Crippen molar-refractivity contribution in [3.8, 4) is 22.5 Å². The monoisotopic (exact) mass is 388 g/mol. The van der Waals surface area contributed by atoms with Crippen LogP contribution in [0.2, 0.25) is 0 Å². The summed E-state index contributed by atoms with van der Waals surface area (Å²) in [6.45, 7) is 4.93. The van der Waals surface area contributed by atoms with E-state index in [1.165, 1.54) is 11.1 Å². The lowest BCUT2D eigenvalue weighted by Gasteiger charge is -2.26. The van der Waals surface area contributed by atoms with Gasteiger partial charge in [0, 0.05) is 54.9 Å². The van der Waals surface area contributed by atoms with Gasteiger partial charge in [-0.15, -0.1) is 0 Å². The normalized spacial score (nSPS) is 15.7. The second kappa shape index (κ2) is 7.81. The summed E-state index contributed by atoms with van der Waals surface area (Å²) in [7, 11) is 0. The van der Waals surface area contributed by atoms with Crippen LogP contribution in [-0.2, 0) is 11.2 Å². The summed E-state index contributed by atoms with van der Waals surface area (Å²) < 4.78 is 5.36. The fourth-order valence-electron chi connectivity index (χ4n) is 4.16. The van der Waals surface area contributed by atoms with Crippen molar-refractivity contribution in [1.29, 1.82) is 0 Å². The van der Waals surface area contributed by atoms with Crippen molar-refractivity contribution in [1.82, 2.24) is 20.4 Å². The highest BCUT2D eigenvalue weighted by Crippen LogP contribution is 2.40. The number of fused-ring (bicyclic) bond motifs is 3. The van der Waals surface area contributed by atoms with Gasteiger partial charge >= 0.3 is 0 Å². The smallest absolute Gasteiger partial charge is 0.251 e. The van der Waals surface area contributed by atoms with Gasteiger partial charge < -0.3 is 10.1 Å². The highest BCUT2D eigenvalue weighted by molar-refractivity contribution is 5.95. The molecule has 1 aromatic heterocycles. The van der Waals surface area contributed by atoms with E-state index in [-0.39, 0.29) is 5.91 Å². The Hall–Kier alpha value is -2.96. The van der Waals surface area contributed by atoms with Crippen LogP contribution >= 0.6 is 0 Å². The number of amides is 1. The van der Waals surface area contributed by atoms with Crippen molar-refractivity contribution in [2.75, 3.05) is 39.4 Å². The van der Waals surface area contributed by atoms with Gasteiger partial charge in [0.15, 0.2) is 0 Å². The zero-order valence-electron chi connectivity index (χ0n) is 16.3. The Morgan fingerprint density at radius 1 is 1.14 bits per heavy atom. The number of aromatic nitrogens is 2. The summed E-state index contributed by atoms with van der Waals surface area (Å²) in [5.41, 5.74) is 7.40. The number of hydrogen-bond donors (Lipinski definition) is 2. The standard InChI is InChI=1S/C23H24N4O2/c28-23(24-8-9-27-10-12-29-13-11-27)17-6-7-19-18(14-17)15-20-21(25-26-22(19)20)16-4-2-1-3-5-16/h1-7,14H,8-13,15H2,(H,24,28)(H,25,26). The molecule has 29 heavy (non-hydrogen) atoms. The van der Waals surface area contributed by atoms with Crippen LogP contribution in [0.3, 0.4) is 0 Å². The molecule has 2 N–H and O–H groups in total. The van der Waals surface area contributed by atoms with Gasteiger partial charge in [0.25, 0.3) is 5.91 Å². The number of rotatable bonds is 5. The van der Waals surface area contributed by atoms with E-state index >= 15 is 0 Å². The summed E-state index contributed by atoms with van der Waals surface area (Å²) in [5.74, 6) is -0.0157. The molecule has 1 aliphatic carbocycles. The fourth-order valence-corrected chi connectivity index (χ4v) is 4.16. The number of nitrogens with zero attached hydrogens (tertiary/aromatic N) is 2. The molecule has 2 aliphatic rings. The van der Waals surface area contributed by atoms with E-state index in [1.807, 2.05) is 36.4 Å². The van der Waals surface area contributed by atoms with Crippen molar-refractivity contribution in [2.24, 2.45) is 0 Å². The Morgan fingerprint density at radius 3 is 2.79 bits per heavy atom. The average Bonchev–Trinajstić information content (AvgIpc) is 3.33. The zero-order valence-corrected chi connectivity index (χ0v) is 16.3. The van der Waals surface area contributed by atoms with Crippen molar-refractivity contribution in [3.05, 3.63) is 65.2 Å². The van der Waals surface area contributed by atoms with Crippen molar-refractivity contribution >= 4 is 5.91 Å². The molecule has 0 unspecified atom stereocenters. The number of hydrogen-bond acceptors (Lipinski definition) is 4. The van der Waals surface area contributed by atoms with Crippen LogP contribution in [0.5, 0.6) is 0 Å². The number of carbonyl (C=O) groups excluding carboxylic acids is 1. The maximum absolute atomic E-state index is 12.6. The fraction of sp³-hybridized carbons (Fsp3) is 0.304. The molecule has 0 atom stereocenters. The maximum Gasteiger partial charge on any atom is 0.251 e. The molecule has 0 saturated carbocycles. The minimum Gasteiger partial charge on any atom is -0.379 e. The van der Waals surface area contributed by atoms with Gasteiger partial charge in [-0.1, -0.05) is 36.4 Å². The Morgan fingerprint density at radius 2 is 1.97 bits per heavy atom. The van der Waals surface area contributed by atoms with Crippen molar-refractivity contribution < 1.29 is 9.53 Å². The highest BCUT2D eigenvalue weighted by Gasteiger charge is 2.25. The van der Waals surface area contributed by atoms with Gasteiger partial charge in [-0.3, -0.25) is 14.8 Å². The Kier molecular flexibility index (Phi) is 4.87. The molecule has 0 radical (unpaired) electrons. The van der Waals surface area contributed by atoms with Crippen molar-refractivity contribution in [2.45, 2.75) is 6.42 Å². The van der Waals surface area contributed by atoms with Crippen LogP contribution in [0.15, 0.2) is 48.5 Å². The van der Waals surface area contributed by atoms with Gasteiger partial charge in [0.1, 0.15) is 0 Å². The minimum absolute atomic E-state index is 0.0157. The highest BCUT2D eigenvalue weighted by atomic mass is 16.5. The Balaban J connectivity index is 1.28. The lowest BCUT2D eigenvalue weighted by Crippen LogP contribution is -2.41. The molecule has 5 rings (SSSR count). The quantitative estimate of drug-likeness (QED) is 0.552. The Labute approximate surface area is 169 Å². The van der Waals surface area contributed by atoms with Crippen LogP contribution in [0.25, 0.3) is 22.5 Å². The number of morpholine rings is 1. The number of benzene rings is 2. The molecule has 3 aromatic rings. The molecule has 1 saturated heterocycles. The molecule has 1 aliphatic heterocycles. The van der Waals surface area contributed by atoms with Crippen LogP contribution in [0.1, 0.15) is 21.5 Å². The van der Waals surface area contributed by atoms with Crippen LogP contribution in [0.4, 0.5) is 0 Å². The second-order valence-electron chi connectivity index (χ2n) is 7.55. The SMILES string of the molecule is O=C(NCCN1CCOCC1)c1ccc2c(c1)Cc1c(-c3ccccc3)n[nH]c1-2. The molecule has 6 nitrogen and oxygen atoms in total. The minimum atomic E-state index is -0.0157. The van der Waals surface area contributed by atoms with Gasteiger partial charge in [0.2, 0.25) is 0 Å². The predicted molar refractivity (Wildman–Crippen MR) is 112 cm³/mol. The topological polar surface area (TPSA) is 70.2 Å². The lowest BCUT2D eigenvalue weighted by molar-refractivity contribution is 0.0383. The van der Waals surface area contributed by atoms with E-state index < -0.39 is 0 Å². The molecule has 148 valence electrons. The second-order valence-corrected chi connectivity index (χ2v) is 7.55. The number of nitrogens with one attached hydrogen (secondary N) is 2. The predicted octanol–water partition coefficient (Wildman–Crippen LogP) is 2.71. The van der Waals surface area contributed by atoms with Gasteiger partial charge in [-0.25, -0.2) is 0 Å². The van der Waals surface area contributed by atoms with E-state index in [2.05, 4.69) is 32.5 Å². The third-order valence-corrected chi connectivity index (χ3v) is 5.74. The molecule has 6 heteroatoms. The van der Waals surface area contributed by atoms with Gasteiger partial charge in [-0.05, 0) is 17.7 Å². The molecular weight excluding hydrogens is 364 g/mol. The third kappa shape index (κ3) is 3.57. The summed E-state index contributed by atoms with van der Waals surface area (Å²) in [5, 5.41) is 10.8. The number of ether oxygens (including phenoxy) is 1. The first kappa shape index (κ1) is 18.1. The van der Waals surface area contributed by atoms with Gasteiger partial charge in [0.05, 0.1) is 24.6 Å². The first-order valence-electron chi connectivity index (χ1n) is 10.1. The number of carbonyl (C=O) groups is 1. The summed E-state index contributed by atoms with van der Waals surface area (Å²) in [4.78, 5) is 14.9. The van der Waals surface area contributed by atoms with Crippen LogP contribution in [-0.4, -0.2) is 60.4 Å². The summed E-state index contributed by atoms with van der Waals surface area (Å²) >= 11 is 0. The molecule has 2 heterocycles. The van der Waals surface area contributed by atoms with E-state index in [4.69, 9.17) is 4.74 Å². The average molecular weight is 388 g/mol. The van der Waals surface area contributed by atoms with E-state index in [1.54, 1.807) is 0 Å². The molecule has 1 amide bonds. The summed E-state index contributed by atoms with van der Waals surface area (Å²) in [6, 6.07) is 16.2. The molecular formula is C23H24N4O2. The summed E-state index contributed by atoms with van der Waals surface area (Å²) in [6.07, 6.45) is 0.792. The lowest BCUT2D eigenvalue weighted by atomic mass is 10.0. The third-order valence-electron chi connectivity index (χ3n) is 5.74. The molecule has 2 aromatic carbocycles. The molecule has 0 bridgehead atoms. The largest absolute Gasteiger partial charge is 0.379 e. The van der Waals surface area contributed by atoms with E-state index in [0.717, 1.165) is 61.8 Å². The zero-order chi connectivity index (χ0) is 19.6. The van der Waals surface area contributed by atoms with Crippen LogP contribution in [0, 0.1) is 0 Å². The van der Waals surface area contributed by atoms with Gasteiger partial charge in [-0.2, -0.15) is 5.10 Å². The number of H-pyrrole nitrogens is 1. The molecule has 0 spiro atoms. The maximum atomic E-state index is 12.6. The molecule has 1 fully saturated rings. The first-order valence-corrected chi connectivity index (χ1v) is 10.1.